The molecule has 0 aromatic heterocycles. The van der Waals surface area contributed by atoms with Crippen LogP contribution in [0.2, 0.25) is 0 Å². The molecule has 0 aromatic rings. The van der Waals surface area contributed by atoms with E-state index >= 15 is 0 Å². The maximum atomic E-state index is 5.70. The van der Waals surface area contributed by atoms with Crippen molar-refractivity contribution in [1.29, 1.82) is 0 Å². The Labute approximate surface area is 80.1 Å². The molecule has 0 heterocycles. The predicted octanol–water partition coefficient (Wildman–Crippen LogP) is 3.37. The van der Waals surface area contributed by atoms with Crippen molar-refractivity contribution in [1.82, 2.24) is 0 Å². The summed E-state index contributed by atoms with van der Waals surface area (Å²) in [6.45, 7) is 6.12. The van der Waals surface area contributed by atoms with Crippen LogP contribution in [0.5, 0.6) is 0 Å². The molecule has 0 bridgehead atoms. The van der Waals surface area contributed by atoms with Gasteiger partial charge in [-0.1, -0.05) is 30.4 Å². The molecule has 1 nitrogen and oxygen atoms in total. The molecule has 0 saturated carbocycles. The van der Waals surface area contributed by atoms with Crippen LogP contribution in [-0.4, -0.2) is 5.60 Å². The van der Waals surface area contributed by atoms with Crippen LogP contribution in [0.15, 0.2) is 48.3 Å². The monoisotopic (exact) mass is 176 g/mol. The Morgan fingerprint density at radius 3 is 2.23 bits per heavy atom. The van der Waals surface area contributed by atoms with Gasteiger partial charge in [0.2, 0.25) is 0 Å². The van der Waals surface area contributed by atoms with Gasteiger partial charge >= 0.3 is 0 Å². The molecule has 0 spiro atoms. The van der Waals surface area contributed by atoms with E-state index in [2.05, 4.69) is 0 Å². The number of rotatable bonds is 1. The number of ether oxygens (including phenoxy) is 1. The molecule has 1 rings (SSSR count). The second-order valence-electron chi connectivity index (χ2n) is 3.91. The molecule has 1 heteroatoms. The van der Waals surface area contributed by atoms with E-state index in [9.17, 15) is 0 Å². The average molecular weight is 176 g/mol. The Kier molecular flexibility index (Phi) is 3.13. The summed E-state index contributed by atoms with van der Waals surface area (Å²) >= 11 is 0. The van der Waals surface area contributed by atoms with Gasteiger partial charge in [-0.3, -0.25) is 0 Å². The molecule has 0 radical (unpaired) electrons. The lowest BCUT2D eigenvalue weighted by Crippen LogP contribution is -2.18. The van der Waals surface area contributed by atoms with Gasteiger partial charge in [-0.25, -0.2) is 0 Å². The fraction of sp³-hybridized carbons (Fsp3) is 0.333. The zero-order chi connectivity index (χ0) is 9.73. The lowest BCUT2D eigenvalue weighted by Gasteiger charge is -2.21. The summed E-state index contributed by atoms with van der Waals surface area (Å²) in [5, 5.41) is 0. The maximum absolute atomic E-state index is 5.70. The standard InChI is InChI=1S/C12H16O/c1-12(2,3)13-11-9-7-5-4-6-8-10-11/h4-10H,1-3H3. The molecule has 1 aliphatic carbocycles. The summed E-state index contributed by atoms with van der Waals surface area (Å²) in [6, 6.07) is 0. The van der Waals surface area contributed by atoms with Crippen molar-refractivity contribution in [3.05, 3.63) is 48.3 Å². The highest BCUT2D eigenvalue weighted by molar-refractivity contribution is 5.27. The Morgan fingerprint density at radius 2 is 1.54 bits per heavy atom. The molecule has 0 saturated heterocycles. The highest BCUT2D eigenvalue weighted by atomic mass is 16.5. The molecule has 70 valence electrons. The van der Waals surface area contributed by atoms with Crippen LogP contribution >= 0.6 is 0 Å². The van der Waals surface area contributed by atoms with Crippen LogP contribution in [0.3, 0.4) is 0 Å². The minimum Gasteiger partial charge on any atom is -0.488 e. The molecule has 0 N–H and O–H groups in total. The first-order valence-corrected chi connectivity index (χ1v) is 4.49. The van der Waals surface area contributed by atoms with Crippen molar-refractivity contribution in [3.63, 3.8) is 0 Å². The lowest BCUT2D eigenvalue weighted by molar-refractivity contribution is 0.0600. The normalized spacial score (nSPS) is 16.4. The summed E-state index contributed by atoms with van der Waals surface area (Å²) in [5.41, 5.74) is -0.132. The van der Waals surface area contributed by atoms with Gasteiger partial charge in [-0.05, 0) is 32.9 Å². The summed E-state index contributed by atoms with van der Waals surface area (Å²) in [6.07, 6.45) is 13.8. The van der Waals surface area contributed by atoms with Crippen molar-refractivity contribution in [2.24, 2.45) is 0 Å². The zero-order valence-electron chi connectivity index (χ0n) is 8.45. The van der Waals surface area contributed by atoms with Crippen LogP contribution in [-0.2, 0) is 4.74 Å². The molecular formula is C12H16O. The summed E-state index contributed by atoms with van der Waals surface area (Å²) in [5.74, 6) is 0.896. The van der Waals surface area contributed by atoms with Crippen LogP contribution in [0.25, 0.3) is 0 Å². The van der Waals surface area contributed by atoms with Crippen molar-refractivity contribution < 1.29 is 4.74 Å². The Hall–Kier alpha value is -1.24. The van der Waals surface area contributed by atoms with E-state index in [0.29, 0.717) is 0 Å². The van der Waals surface area contributed by atoms with Gasteiger partial charge in [0.15, 0.2) is 0 Å². The molecule has 0 unspecified atom stereocenters. The Balaban J connectivity index is 2.69. The molecule has 0 atom stereocenters. The van der Waals surface area contributed by atoms with Gasteiger partial charge in [0, 0.05) is 0 Å². The van der Waals surface area contributed by atoms with Crippen LogP contribution in [0.4, 0.5) is 0 Å². The molecule has 0 aliphatic heterocycles. The smallest absolute Gasteiger partial charge is 0.120 e. The SMILES string of the molecule is CC(C)(C)OC1=CC=CC=CC=C1. The van der Waals surface area contributed by atoms with E-state index < -0.39 is 0 Å². The van der Waals surface area contributed by atoms with Crippen molar-refractivity contribution in [2.45, 2.75) is 26.4 Å². The fourth-order valence-corrected chi connectivity index (χ4v) is 0.970. The Morgan fingerprint density at radius 1 is 0.923 bits per heavy atom. The average Bonchev–Trinajstić information content (AvgIpc) is 1.92. The highest BCUT2D eigenvalue weighted by Gasteiger charge is 2.11. The Bertz CT molecular complexity index is 272. The first-order chi connectivity index (χ1) is 6.08. The maximum Gasteiger partial charge on any atom is 0.120 e. The van der Waals surface area contributed by atoms with E-state index in [1.54, 1.807) is 0 Å². The zero-order valence-corrected chi connectivity index (χ0v) is 8.45. The molecular weight excluding hydrogens is 160 g/mol. The predicted molar refractivity (Wildman–Crippen MR) is 56.3 cm³/mol. The van der Waals surface area contributed by atoms with E-state index in [0.717, 1.165) is 5.76 Å². The largest absolute Gasteiger partial charge is 0.488 e. The first kappa shape index (κ1) is 9.85. The fourth-order valence-electron chi connectivity index (χ4n) is 0.970. The minimum atomic E-state index is -0.132. The van der Waals surface area contributed by atoms with Gasteiger partial charge < -0.3 is 4.74 Å². The van der Waals surface area contributed by atoms with Crippen molar-refractivity contribution in [3.8, 4) is 0 Å². The number of allylic oxidation sites excluding steroid dienone is 7. The van der Waals surface area contributed by atoms with Crippen LogP contribution < -0.4 is 0 Å². The van der Waals surface area contributed by atoms with Crippen molar-refractivity contribution in [2.75, 3.05) is 0 Å². The molecule has 0 fully saturated rings. The number of hydrogen-bond acceptors (Lipinski definition) is 1. The van der Waals surface area contributed by atoms with Crippen LogP contribution in [0, 0.1) is 0 Å². The summed E-state index contributed by atoms with van der Waals surface area (Å²) in [4.78, 5) is 0. The third-order valence-electron chi connectivity index (χ3n) is 1.39. The van der Waals surface area contributed by atoms with E-state index in [1.807, 2.05) is 63.3 Å². The minimum absolute atomic E-state index is 0.132. The van der Waals surface area contributed by atoms with Crippen molar-refractivity contribution >= 4 is 0 Å². The lowest BCUT2D eigenvalue weighted by atomic mass is 10.2. The van der Waals surface area contributed by atoms with E-state index in [-0.39, 0.29) is 5.60 Å². The molecule has 1 aliphatic rings. The first-order valence-electron chi connectivity index (χ1n) is 4.49. The third-order valence-corrected chi connectivity index (χ3v) is 1.39. The highest BCUT2D eigenvalue weighted by Crippen LogP contribution is 2.15. The van der Waals surface area contributed by atoms with E-state index in [4.69, 9.17) is 4.74 Å². The van der Waals surface area contributed by atoms with Gasteiger partial charge in [0.25, 0.3) is 0 Å². The summed E-state index contributed by atoms with van der Waals surface area (Å²) < 4.78 is 5.70. The van der Waals surface area contributed by atoms with Gasteiger partial charge in [-0.15, -0.1) is 0 Å². The second-order valence-corrected chi connectivity index (χ2v) is 3.91. The van der Waals surface area contributed by atoms with Crippen LogP contribution in [0.1, 0.15) is 20.8 Å². The summed E-state index contributed by atoms with van der Waals surface area (Å²) in [7, 11) is 0. The third kappa shape index (κ3) is 4.36. The van der Waals surface area contributed by atoms with E-state index in [1.165, 1.54) is 0 Å². The topological polar surface area (TPSA) is 9.23 Å². The van der Waals surface area contributed by atoms with Gasteiger partial charge in [-0.2, -0.15) is 0 Å². The second kappa shape index (κ2) is 4.13. The quantitative estimate of drug-likeness (QED) is 0.595. The van der Waals surface area contributed by atoms with Gasteiger partial charge in [0.1, 0.15) is 11.4 Å². The molecule has 0 aromatic carbocycles. The number of hydrogen-bond donors (Lipinski definition) is 0. The molecule has 0 amide bonds. The molecule has 13 heavy (non-hydrogen) atoms. The van der Waals surface area contributed by atoms with Gasteiger partial charge in [0.05, 0.1) is 0 Å².